The van der Waals surface area contributed by atoms with Crippen molar-refractivity contribution in [3.8, 4) is 11.8 Å². The van der Waals surface area contributed by atoms with Crippen LogP contribution in [0.25, 0.3) is 0 Å². The maximum atomic E-state index is 14.5. The molecule has 0 saturated heterocycles. The van der Waals surface area contributed by atoms with Crippen molar-refractivity contribution in [1.29, 1.82) is 5.26 Å². The van der Waals surface area contributed by atoms with E-state index in [0.29, 0.717) is 22.4 Å². The summed E-state index contributed by atoms with van der Waals surface area (Å²) in [4.78, 5) is 26.8. The highest BCUT2D eigenvalue weighted by Crippen LogP contribution is 2.45. The number of aromatic nitrogens is 1. The van der Waals surface area contributed by atoms with Crippen LogP contribution in [0.5, 0.6) is 5.75 Å². The molecule has 0 bridgehead atoms. The van der Waals surface area contributed by atoms with Crippen molar-refractivity contribution >= 4 is 15.0 Å². The van der Waals surface area contributed by atoms with E-state index in [1.54, 1.807) is 22.8 Å². The first-order valence-electron chi connectivity index (χ1n) is 13.2. The highest BCUT2D eigenvalue weighted by atomic mass is 28.3. The van der Waals surface area contributed by atoms with Crippen molar-refractivity contribution in [2.75, 3.05) is 0 Å². The van der Waals surface area contributed by atoms with Gasteiger partial charge in [-0.15, -0.1) is 0 Å². The number of nitriles is 1. The van der Waals surface area contributed by atoms with Crippen molar-refractivity contribution in [1.82, 2.24) is 4.57 Å². The van der Waals surface area contributed by atoms with Gasteiger partial charge in [0.25, 0.3) is 5.56 Å². The second-order valence-electron chi connectivity index (χ2n) is 13.0. The third-order valence-electron chi connectivity index (χ3n) is 6.85. The van der Waals surface area contributed by atoms with Crippen LogP contribution in [-0.2, 0) is 31.4 Å². The lowest BCUT2D eigenvalue weighted by Gasteiger charge is -2.45. The predicted molar refractivity (Wildman–Crippen MR) is 151 cm³/mol. The molecule has 38 heavy (non-hydrogen) atoms. The molecule has 0 fully saturated rings. The smallest absolute Gasteiger partial charge is 0.303 e. The Labute approximate surface area is 228 Å². The molecule has 2 aromatic rings. The van der Waals surface area contributed by atoms with Gasteiger partial charge in [-0.1, -0.05) is 41.5 Å². The molecule has 0 radical (unpaired) electrons. The molecule has 8 heteroatoms. The number of carbonyl (C=O) groups is 1. The molecule has 0 amide bonds. The summed E-state index contributed by atoms with van der Waals surface area (Å²) >= 11 is 0. The molecule has 2 atom stereocenters. The van der Waals surface area contributed by atoms with Crippen LogP contribution in [0.4, 0.5) is 0 Å². The molecule has 2 heterocycles. The number of fused-ring (bicyclic) bond motifs is 1. The zero-order valence-electron chi connectivity index (χ0n) is 24.7. The SMILES string of the molecule is CC(=O)O[C@H]1[C@H](n2cc(C(C)(C)C)c(C(C)(C)C)c(CO[SiH](C)C)c2=O)c2cc(C#N)ccc2OC1(C)C. The standard InChI is InChI=1S/C30H42N2O5Si/c1-18(33)36-26-25(20-14-19(15-31)12-13-23(20)37-30(26,8)9)32-16-22(28(2,3)4)24(29(5,6)7)21(27(32)34)17-35-38(10)11/h12-14,16,25-26,38H,17H2,1-11H3/t25-,26+/m1/s1. The first-order valence-corrected chi connectivity index (χ1v) is 16.0. The average Bonchev–Trinajstić information content (AvgIpc) is 2.76. The van der Waals surface area contributed by atoms with Gasteiger partial charge in [-0.25, -0.2) is 0 Å². The number of esters is 1. The highest BCUT2D eigenvalue weighted by Gasteiger charge is 2.48. The Bertz CT molecular complexity index is 1320. The van der Waals surface area contributed by atoms with E-state index in [9.17, 15) is 14.9 Å². The molecule has 1 aliphatic rings. The van der Waals surface area contributed by atoms with Crippen LogP contribution < -0.4 is 10.3 Å². The Morgan fingerprint density at radius 2 is 1.79 bits per heavy atom. The van der Waals surface area contributed by atoms with E-state index in [4.69, 9.17) is 13.9 Å². The maximum Gasteiger partial charge on any atom is 0.303 e. The number of benzene rings is 1. The zero-order valence-corrected chi connectivity index (χ0v) is 25.8. The molecular formula is C30H42N2O5Si. The third-order valence-corrected chi connectivity index (χ3v) is 7.68. The minimum atomic E-state index is -1.44. The molecule has 1 aromatic heterocycles. The van der Waals surface area contributed by atoms with Gasteiger partial charge in [0.05, 0.1) is 18.2 Å². The first-order chi connectivity index (χ1) is 17.4. The Morgan fingerprint density at radius 3 is 2.29 bits per heavy atom. The topological polar surface area (TPSA) is 90.5 Å². The van der Waals surface area contributed by atoms with Crippen molar-refractivity contribution in [2.45, 2.75) is 111 Å². The van der Waals surface area contributed by atoms with E-state index in [1.165, 1.54) is 6.92 Å². The van der Waals surface area contributed by atoms with E-state index in [-0.39, 0.29) is 23.0 Å². The zero-order chi connectivity index (χ0) is 28.8. The maximum absolute atomic E-state index is 14.5. The molecule has 206 valence electrons. The van der Waals surface area contributed by atoms with Gasteiger partial charge in [0.2, 0.25) is 0 Å². The van der Waals surface area contributed by atoms with E-state index in [0.717, 1.165) is 11.1 Å². The van der Waals surface area contributed by atoms with Gasteiger partial charge in [0.1, 0.15) is 17.4 Å². The van der Waals surface area contributed by atoms with Crippen LogP contribution in [0, 0.1) is 11.3 Å². The van der Waals surface area contributed by atoms with Crippen LogP contribution in [0.2, 0.25) is 13.1 Å². The van der Waals surface area contributed by atoms with Crippen molar-refractivity contribution in [3.05, 3.63) is 62.6 Å². The van der Waals surface area contributed by atoms with E-state index < -0.39 is 32.8 Å². The second-order valence-corrected chi connectivity index (χ2v) is 15.4. The minimum absolute atomic E-state index is 0.189. The number of ether oxygens (including phenoxy) is 2. The average molecular weight is 539 g/mol. The van der Waals surface area contributed by atoms with Gasteiger partial charge < -0.3 is 18.5 Å². The molecule has 0 aliphatic carbocycles. The fourth-order valence-electron chi connectivity index (χ4n) is 5.21. The quantitative estimate of drug-likeness (QED) is 0.368. The summed E-state index contributed by atoms with van der Waals surface area (Å²) in [5, 5.41) is 9.65. The van der Waals surface area contributed by atoms with Gasteiger partial charge in [0.15, 0.2) is 15.1 Å². The second kappa shape index (κ2) is 10.3. The lowest BCUT2D eigenvalue weighted by molar-refractivity contribution is -0.163. The van der Waals surface area contributed by atoms with Crippen LogP contribution in [0.3, 0.4) is 0 Å². The van der Waals surface area contributed by atoms with Gasteiger partial charge in [-0.2, -0.15) is 5.26 Å². The Hall–Kier alpha value is -2.89. The van der Waals surface area contributed by atoms with E-state index >= 15 is 0 Å². The Kier molecular flexibility index (Phi) is 8.08. The molecule has 1 aromatic carbocycles. The van der Waals surface area contributed by atoms with Crippen LogP contribution in [-0.4, -0.2) is 31.3 Å². The minimum Gasteiger partial charge on any atom is -0.484 e. The third kappa shape index (κ3) is 5.89. The molecule has 0 spiro atoms. The van der Waals surface area contributed by atoms with Crippen molar-refractivity contribution in [2.24, 2.45) is 0 Å². The first kappa shape index (κ1) is 29.7. The van der Waals surface area contributed by atoms with E-state index in [2.05, 4.69) is 60.7 Å². The van der Waals surface area contributed by atoms with Crippen LogP contribution >= 0.6 is 0 Å². The fourth-order valence-corrected chi connectivity index (χ4v) is 5.71. The van der Waals surface area contributed by atoms with Crippen LogP contribution in [0.15, 0.2) is 29.2 Å². The lowest BCUT2D eigenvalue weighted by atomic mass is 9.74. The summed E-state index contributed by atoms with van der Waals surface area (Å²) in [7, 11) is -1.44. The molecule has 7 nitrogen and oxygen atoms in total. The molecule has 0 unspecified atom stereocenters. The Morgan fingerprint density at radius 1 is 1.16 bits per heavy atom. The highest BCUT2D eigenvalue weighted by molar-refractivity contribution is 6.48. The largest absolute Gasteiger partial charge is 0.484 e. The number of nitrogens with zero attached hydrogens (tertiary/aromatic N) is 2. The number of rotatable bonds is 5. The normalized spacial score (nSPS) is 18.9. The van der Waals surface area contributed by atoms with Gasteiger partial charge in [0, 0.05) is 24.2 Å². The summed E-state index contributed by atoms with van der Waals surface area (Å²) in [5.41, 5.74) is 1.96. The van der Waals surface area contributed by atoms with Crippen molar-refractivity contribution in [3.63, 3.8) is 0 Å². The summed E-state index contributed by atoms with van der Waals surface area (Å²) in [5.74, 6) is 0.0835. The van der Waals surface area contributed by atoms with Gasteiger partial charge in [-0.3, -0.25) is 9.59 Å². The lowest BCUT2D eigenvalue weighted by Crippen LogP contribution is -2.54. The molecular weight excluding hydrogens is 496 g/mol. The summed E-state index contributed by atoms with van der Waals surface area (Å²) in [6.07, 6.45) is 1.10. The molecule has 0 saturated carbocycles. The number of hydrogen-bond donors (Lipinski definition) is 0. The van der Waals surface area contributed by atoms with E-state index in [1.807, 2.05) is 20.0 Å². The van der Waals surface area contributed by atoms with Crippen molar-refractivity contribution < 1.29 is 18.7 Å². The van der Waals surface area contributed by atoms with Crippen LogP contribution in [0.1, 0.15) is 96.2 Å². The summed E-state index contributed by atoms with van der Waals surface area (Å²) in [6.45, 7) is 22.2. The summed E-state index contributed by atoms with van der Waals surface area (Å²) in [6, 6.07) is 6.65. The predicted octanol–water partition coefficient (Wildman–Crippen LogP) is 5.51. The van der Waals surface area contributed by atoms with Gasteiger partial charge >= 0.3 is 5.97 Å². The molecule has 0 N–H and O–H groups in total. The monoisotopic (exact) mass is 538 g/mol. The number of carbonyl (C=O) groups excluding carboxylic acids is 1. The molecule has 1 aliphatic heterocycles. The fraction of sp³-hybridized carbons (Fsp3) is 0.567. The Balaban J connectivity index is 2.50. The van der Waals surface area contributed by atoms with Gasteiger partial charge in [-0.05, 0) is 67.1 Å². The summed E-state index contributed by atoms with van der Waals surface area (Å²) < 4.78 is 20.0. The number of pyridine rings is 1. The molecule has 3 rings (SSSR count). The number of hydrogen-bond acceptors (Lipinski definition) is 6.